The Balaban J connectivity index is 2.43. The number of carboxylic acid groups (broad SMARTS) is 1. The van der Waals surface area contributed by atoms with Gasteiger partial charge in [0.2, 0.25) is 5.91 Å². The third kappa shape index (κ3) is 4.20. The Morgan fingerprint density at radius 1 is 1.42 bits per heavy atom. The van der Waals surface area contributed by atoms with E-state index < -0.39 is 11.4 Å². The fourth-order valence-corrected chi connectivity index (χ4v) is 2.74. The Morgan fingerprint density at radius 3 is 2.58 bits per heavy atom. The van der Waals surface area contributed by atoms with Crippen LogP contribution in [-0.4, -0.2) is 47.6 Å². The number of carbonyl (C=O) groups is 2. The van der Waals surface area contributed by atoms with Crippen LogP contribution in [0.25, 0.3) is 0 Å². The van der Waals surface area contributed by atoms with Gasteiger partial charge in [-0.05, 0) is 32.7 Å². The molecule has 2 N–H and O–H groups in total. The minimum atomic E-state index is -0.739. The van der Waals surface area contributed by atoms with Crippen LogP contribution in [0.4, 0.5) is 0 Å². The van der Waals surface area contributed by atoms with Crippen LogP contribution in [0.1, 0.15) is 46.5 Å². The van der Waals surface area contributed by atoms with Gasteiger partial charge in [0.05, 0.1) is 12.0 Å². The first-order valence-corrected chi connectivity index (χ1v) is 7.18. The first-order chi connectivity index (χ1) is 8.93. The van der Waals surface area contributed by atoms with Crippen LogP contribution >= 0.6 is 0 Å². The molecule has 0 aliphatic carbocycles. The molecule has 0 aromatic heterocycles. The number of hydrogen-bond acceptors (Lipinski definition) is 3. The van der Waals surface area contributed by atoms with Gasteiger partial charge in [0.25, 0.3) is 0 Å². The standard InChI is InChI=1S/C14H26N2O3/c1-4-6-11(3)15-12(17)9-16-8-7-14(5-2,10-16)13(18)19/h11H,4-10H2,1-3H3,(H,15,17)(H,18,19). The van der Waals surface area contributed by atoms with Gasteiger partial charge in [-0.3, -0.25) is 14.5 Å². The van der Waals surface area contributed by atoms with Gasteiger partial charge in [0.1, 0.15) is 0 Å². The Kier molecular flexibility index (Phi) is 5.79. The van der Waals surface area contributed by atoms with E-state index in [-0.39, 0.29) is 11.9 Å². The Morgan fingerprint density at radius 2 is 2.11 bits per heavy atom. The summed E-state index contributed by atoms with van der Waals surface area (Å²) < 4.78 is 0. The lowest BCUT2D eigenvalue weighted by Crippen LogP contribution is -2.42. The van der Waals surface area contributed by atoms with Crippen LogP contribution in [0.15, 0.2) is 0 Å². The number of aliphatic carboxylic acids is 1. The number of nitrogens with zero attached hydrogens (tertiary/aromatic N) is 1. The number of hydrogen-bond donors (Lipinski definition) is 2. The highest BCUT2D eigenvalue weighted by Crippen LogP contribution is 2.33. The Bertz CT molecular complexity index is 333. The molecular formula is C14H26N2O3. The molecule has 1 fully saturated rings. The van der Waals surface area contributed by atoms with Crippen molar-refractivity contribution in [2.75, 3.05) is 19.6 Å². The summed E-state index contributed by atoms with van der Waals surface area (Å²) in [5.74, 6) is -0.740. The lowest BCUT2D eigenvalue weighted by atomic mass is 9.84. The van der Waals surface area contributed by atoms with Gasteiger partial charge in [0, 0.05) is 12.6 Å². The van der Waals surface area contributed by atoms with Gasteiger partial charge in [-0.2, -0.15) is 0 Å². The average Bonchev–Trinajstić information content (AvgIpc) is 2.73. The third-order valence-corrected chi connectivity index (χ3v) is 4.06. The molecule has 1 saturated heterocycles. The van der Waals surface area contributed by atoms with Crippen molar-refractivity contribution in [1.29, 1.82) is 0 Å². The molecule has 1 rings (SSSR count). The number of likely N-dealkylation sites (tertiary alicyclic amines) is 1. The zero-order chi connectivity index (χ0) is 14.5. The molecule has 1 heterocycles. The van der Waals surface area contributed by atoms with E-state index in [1.165, 1.54) is 0 Å². The molecule has 1 aliphatic rings. The van der Waals surface area contributed by atoms with Gasteiger partial charge < -0.3 is 10.4 Å². The summed E-state index contributed by atoms with van der Waals surface area (Å²) in [6, 6.07) is 0.190. The van der Waals surface area contributed by atoms with E-state index in [1.807, 2.05) is 18.7 Å². The second kappa shape index (κ2) is 6.89. The Hall–Kier alpha value is -1.10. The lowest BCUT2D eigenvalue weighted by molar-refractivity contribution is -0.148. The van der Waals surface area contributed by atoms with Crippen molar-refractivity contribution in [2.24, 2.45) is 5.41 Å². The smallest absolute Gasteiger partial charge is 0.310 e. The fourth-order valence-electron chi connectivity index (χ4n) is 2.74. The molecule has 110 valence electrons. The third-order valence-electron chi connectivity index (χ3n) is 4.06. The second-order valence-corrected chi connectivity index (χ2v) is 5.66. The maximum Gasteiger partial charge on any atom is 0.310 e. The normalized spacial score (nSPS) is 25.2. The van der Waals surface area contributed by atoms with Gasteiger partial charge in [-0.1, -0.05) is 20.3 Å². The molecule has 0 saturated carbocycles. The molecule has 5 nitrogen and oxygen atoms in total. The van der Waals surface area contributed by atoms with Crippen LogP contribution < -0.4 is 5.32 Å². The molecule has 2 unspecified atom stereocenters. The molecule has 1 amide bonds. The largest absolute Gasteiger partial charge is 0.481 e. The first-order valence-electron chi connectivity index (χ1n) is 7.18. The summed E-state index contributed by atoms with van der Waals surface area (Å²) in [7, 11) is 0. The number of carboxylic acids is 1. The zero-order valence-corrected chi connectivity index (χ0v) is 12.2. The summed E-state index contributed by atoms with van der Waals surface area (Å²) >= 11 is 0. The van der Waals surface area contributed by atoms with Crippen LogP contribution in [0.2, 0.25) is 0 Å². The van der Waals surface area contributed by atoms with Crippen molar-refractivity contribution in [3.63, 3.8) is 0 Å². The monoisotopic (exact) mass is 270 g/mol. The highest BCUT2D eigenvalue weighted by Gasteiger charge is 2.43. The molecular weight excluding hydrogens is 244 g/mol. The summed E-state index contributed by atoms with van der Waals surface area (Å²) in [4.78, 5) is 25.1. The molecule has 1 aliphatic heterocycles. The van der Waals surface area contributed by atoms with E-state index in [0.29, 0.717) is 32.5 Å². The number of amides is 1. The van der Waals surface area contributed by atoms with Crippen molar-refractivity contribution in [3.8, 4) is 0 Å². The summed E-state index contributed by atoms with van der Waals surface area (Å²) in [6.45, 7) is 7.47. The summed E-state index contributed by atoms with van der Waals surface area (Å²) in [6.07, 6.45) is 3.27. The first kappa shape index (κ1) is 16.0. The number of nitrogens with one attached hydrogen (secondary N) is 1. The second-order valence-electron chi connectivity index (χ2n) is 5.66. The minimum Gasteiger partial charge on any atom is -0.481 e. The van der Waals surface area contributed by atoms with Crippen LogP contribution in [0, 0.1) is 5.41 Å². The van der Waals surface area contributed by atoms with E-state index >= 15 is 0 Å². The lowest BCUT2D eigenvalue weighted by Gasteiger charge is -2.23. The topological polar surface area (TPSA) is 69.6 Å². The van der Waals surface area contributed by atoms with E-state index in [9.17, 15) is 14.7 Å². The Labute approximate surface area is 115 Å². The number of rotatable bonds is 7. The molecule has 0 spiro atoms. The predicted molar refractivity (Wildman–Crippen MR) is 73.9 cm³/mol. The molecule has 0 radical (unpaired) electrons. The van der Waals surface area contributed by atoms with E-state index in [2.05, 4.69) is 12.2 Å². The van der Waals surface area contributed by atoms with Crippen LogP contribution in [-0.2, 0) is 9.59 Å². The molecule has 0 aromatic carbocycles. The van der Waals surface area contributed by atoms with Gasteiger partial charge >= 0.3 is 5.97 Å². The maximum atomic E-state index is 11.9. The molecule has 2 atom stereocenters. The van der Waals surface area contributed by atoms with Crippen LogP contribution in [0.3, 0.4) is 0 Å². The van der Waals surface area contributed by atoms with E-state index in [1.54, 1.807) is 0 Å². The van der Waals surface area contributed by atoms with Gasteiger partial charge in [-0.15, -0.1) is 0 Å². The quantitative estimate of drug-likeness (QED) is 0.735. The van der Waals surface area contributed by atoms with E-state index in [4.69, 9.17) is 0 Å². The summed E-state index contributed by atoms with van der Waals surface area (Å²) in [5, 5.41) is 12.3. The molecule has 5 heteroatoms. The summed E-state index contributed by atoms with van der Waals surface area (Å²) in [5.41, 5.74) is -0.657. The number of carbonyl (C=O) groups excluding carboxylic acids is 1. The SMILES string of the molecule is CCCC(C)NC(=O)CN1CCC(CC)(C(=O)O)C1. The van der Waals surface area contributed by atoms with Crippen molar-refractivity contribution in [2.45, 2.75) is 52.5 Å². The van der Waals surface area contributed by atoms with Crippen molar-refractivity contribution >= 4 is 11.9 Å². The van der Waals surface area contributed by atoms with Crippen molar-refractivity contribution in [1.82, 2.24) is 10.2 Å². The van der Waals surface area contributed by atoms with E-state index in [0.717, 1.165) is 12.8 Å². The fraction of sp³-hybridized carbons (Fsp3) is 0.857. The zero-order valence-electron chi connectivity index (χ0n) is 12.2. The van der Waals surface area contributed by atoms with Crippen LogP contribution in [0.5, 0.6) is 0 Å². The van der Waals surface area contributed by atoms with Gasteiger partial charge in [0.15, 0.2) is 0 Å². The molecule has 19 heavy (non-hydrogen) atoms. The van der Waals surface area contributed by atoms with Crippen molar-refractivity contribution in [3.05, 3.63) is 0 Å². The molecule has 0 aromatic rings. The average molecular weight is 270 g/mol. The minimum absolute atomic E-state index is 0.00163. The van der Waals surface area contributed by atoms with Gasteiger partial charge in [-0.25, -0.2) is 0 Å². The predicted octanol–water partition coefficient (Wildman–Crippen LogP) is 1.48. The highest BCUT2D eigenvalue weighted by atomic mass is 16.4. The molecule has 0 bridgehead atoms. The highest BCUT2D eigenvalue weighted by molar-refractivity contribution is 5.79. The maximum absolute atomic E-state index is 11.9. The van der Waals surface area contributed by atoms with Crippen molar-refractivity contribution < 1.29 is 14.7 Å².